The molecule has 200 valence electrons. The van der Waals surface area contributed by atoms with E-state index in [1.807, 2.05) is 91.0 Å². The number of hydrogen-bond acceptors (Lipinski definition) is 6. The molecule has 0 spiro atoms. The lowest BCUT2D eigenvalue weighted by Gasteiger charge is -2.29. The Labute approximate surface area is 224 Å². The van der Waals surface area contributed by atoms with E-state index in [-0.39, 0.29) is 19.8 Å². The van der Waals surface area contributed by atoms with Gasteiger partial charge in [-0.15, -0.1) is 0 Å². The fraction of sp³-hybridized carbons (Fsp3) is 0.355. The molecule has 4 rings (SSSR count). The summed E-state index contributed by atoms with van der Waals surface area (Å²) in [5, 5.41) is 0. The van der Waals surface area contributed by atoms with Gasteiger partial charge in [-0.25, -0.2) is 9.69 Å². The Hall–Kier alpha value is -3.52. The zero-order chi connectivity index (χ0) is 27.0. The van der Waals surface area contributed by atoms with Gasteiger partial charge in [-0.1, -0.05) is 91.0 Å². The number of nitrogens with zero attached hydrogens (tertiary/aromatic N) is 1. The van der Waals surface area contributed by atoms with Crippen LogP contribution < -0.4 is 0 Å². The molecule has 3 aromatic carbocycles. The van der Waals surface area contributed by atoms with E-state index < -0.39 is 35.9 Å². The molecule has 38 heavy (non-hydrogen) atoms. The van der Waals surface area contributed by atoms with Gasteiger partial charge in [-0.2, -0.15) is 0 Å². The smallest absolute Gasteiger partial charge is 0.417 e. The summed E-state index contributed by atoms with van der Waals surface area (Å²) in [4.78, 5) is 28.1. The summed E-state index contributed by atoms with van der Waals surface area (Å²) in [5.74, 6) is -0.499. The predicted molar refractivity (Wildman–Crippen MR) is 143 cm³/mol. The zero-order valence-electron chi connectivity index (χ0n) is 22.1. The van der Waals surface area contributed by atoms with Crippen molar-refractivity contribution in [3.8, 4) is 0 Å². The number of ether oxygens (including phenoxy) is 4. The number of carbonyl (C=O) groups is 2. The number of hydrogen-bond donors (Lipinski definition) is 0. The van der Waals surface area contributed by atoms with Crippen molar-refractivity contribution in [1.29, 1.82) is 0 Å². The van der Waals surface area contributed by atoms with Crippen molar-refractivity contribution < 1.29 is 28.5 Å². The van der Waals surface area contributed by atoms with E-state index in [1.165, 1.54) is 0 Å². The summed E-state index contributed by atoms with van der Waals surface area (Å²) < 4.78 is 24.1. The molecule has 1 fully saturated rings. The van der Waals surface area contributed by atoms with E-state index in [9.17, 15) is 9.59 Å². The average molecular weight is 518 g/mol. The summed E-state index contributed by atoms with van der Waals surface area (Å²) in [6.45, 7) is 6.14. The molecule has 0 aliphatic carbocycles. The van der Waals surface area contributed by atoms with Gasteiger partial charge < -0.3 is 18.9 Å². The van der Waals surface area contributed by atoms with Gasteiger partial charge in [-0.3, -0.25) is 4.79 Å². The topological polar surface area (TPSA) is 74.3 Å². The van der Waals surface area contributed by atoms with Crippen molar-refractivity contribution in [1.82, 2.24) is 4.90 Å². The number of carbonyl (C=O) groups excluding carboxylic acids is 2. The first kappa shape index (κ1) is 27.5. The Morgan fingerprint density at radius 1 is 0.737 bits per heavy atom. The fourth-order valence-electron chi connectivity index (χ4n) is 4.26. The number of amides is 2. The lowest BCUT2D eigenvalue weighted by molar-refractivity contribution is -0.141. The molecule has 3 atom stereocenters. The van der Waals surface area contributed by atoms with E-state index in [1.54, 1.807) is 20.8 Å². The monoisotopic (exact) mass is 517 g/mol. The molecular formula is C31H35NO6. The first-order valence-corrected chi connectivity index (χ1v) is 12.8. The van der Waals surface area contributed by atoms with Gasteiger partial charge in [0.1, 0.15) is 11.7 Å². The molecule has 0 radical (unpaired) electrons. The molecule has 7 nitrogen and oxygen atoms in total. The molecule has 3 aromatic rings. The second kappa shape index (κ2) is 12.8. The summed E-state index contributed by atoms with van der Waals surface area (Å²) in [5.41, 5.74) is 2.06. The van der Waals surface area contributed by atoms with Crippen LogP contribution in [0.5, 0.6) is 0 Å². The van der Waals surface area contributed by atoms with Crippen LogP contribution >= 0.6 is 0 Å². The van der Waals surface area contributed by atoms with Crippen molar-refractivity contribution in [3.63, 3.8) is 0 Å². The van der Waals surface area contributed by atoms with Gasteiger partial charge in [0.2, 0.25) is 0 Å². The lowest BCUT2D eigenvalue weighted by atomic mass is 10.1. The van der Waals surface area contributed by atoms with Crippen LogP contribution in [0.25, 0.3) is 0 Å². The largest absolute Gasteiger partial charge is 0.443 e. The minimum atomic E-state index is -1.00. The minimum Gasteiger partial charge on any atom is -0.443 e. The van der Waals surface area contributed by atoms with Crippen LogP contribution in [0.1, 0.15) is 37.5 Å². The zero-order valence-corrected chi connectivity index (χ0v) is 22.1. The number of benzene rings is 3. The Morgan fingerprint density at radius 3 is 1.71 bits per heavy atom. The second-order valence-corrected chi connectivity index (χ2v) is 10.2. The van der Waals surface area contributed by atoms with Gasteiger partial charge in [0.25, 0.3) is 5.91 Å². The van der Waals surface area contributed by atoms with Crippen molar-refractivity contribution in [2.75, 3.05) is 6.61 Å². The molecule has 1 aliphatic rings. The lowest BCUT2D eigenvalue weighted by Crippen LogP contribution is -2.47. The van der Waals surface area contributed by atoms with Crippen LogP contribution in [-0.4, -0.2) is 47.4 Å². The molecule has 0 saturated carbocycles. The number of imide groups is 1. The van der Waals surface area contributed by atoms with Crippen molar-refractivity contribution in [2.45, 2.75) is 64.4 Å². The van der Waals surface area contributed by atoms with Crippen LogP contribution in [0.4, 0.5) is 4.79 Å². The quantitative estimate of drug-likeness (QED) is 0.353. The third-order valence-corrected chi connectivity index (χ3v) is 6.04. The maximum absolute atomic E-state index is 13.7. The summed E-state index contributed by atoms with van der Waals surface area (Å²) in [6, 6.07) is 28.2. The van der Waals surface area contributed by atoms with E-state index in [0.717, 1.165) is 21.6 Å². The maximum atomic E-state index is 13.7. The summed E-state index contributed by atoms with van der Waals surface area (Å²) in [7, 11) is 0. The van der Waals surface area contributed by atoms with Gasteiger partial charge in [0.15, 0.2) is 6.10 Å². The highest BCUT2D eigenvalue weighted by Gasteiger charge is 2.53. The third kappa shape index (κ3) is 7.51. The van der Waals surface area contributed by atoms with Crippen LogP contribution in [0, 0.1) is 0 Å². The third-order valence-electron chi connectivity index (χ3n) is 6.04. The highest BCUT2D eigenvalue weighted by atomic mass is 16.6. The highest BCUT2D eigenvalue weighted by Crippen LogP contribution is 2.30. The molecule has 0 bridgehead atoms. The maximum Gasteiger partial charge on any atom is 0.417 e. The molecule has 1 saturated heterocycles. The highest BCUT2D eigenvalue weighted by molar-refractivity contribution is 5.97. The predicted octanol–water partition coefficient (Wildman–Crippen LogP) is 5.52. The van der Waals surface area contributed by atoms with Crippen molar-refractivity contribution >= 4 is 12.0 Å². The molecule has 1 aliphatic heterocycles. The van der Waals surface area contributed by atoms with E-state index in [4.69, 9.17) is 18.9 Å². The molecule has 0 N–H and O–H groups in total. The van der Waals surface area contributed by atoms with Crippen molar-refractivity contribution in [2.24, 2.45) is 0 Å². The minimum absolute atomic E-state index is 0.0739. The van der Waals surface area contributed by atoms with E-state index in [2.05, 4.69) is 0 Å². The Balaban J connectivity index is 1.58. The molecule has 1 heterocycles. The first-order chi connectivity index (χ1) is 18.3. The van der Waals surface area contributed by atoms with Gasteiger partial charge in [0.05, 0.1) is 32.5 Å². The van der Waals surface area contributed by atoms with Gasteiger partial charge >= 0.3 is 6.09 Å². The number of rotatable bonds is 10. The average Bonchev–Trinajstić information content (AvgIpc) is 3.17. The Bertz CT molecular complexity index is 1160. The summed E-state index contributed by atoms with van der Waals surface area (Å²) in [6.07, 6.45) is -2.50. The number of likely N-dealkylation sites (tertiary alicyclic amines) is 1. The fourth-order valence-corrected chi connectivity index (χ4v) is 4.26. The van der Waals surface area contributed by atoms with Crippen LogP contribution in [-0.2, 0) is 43.6 Å². The Kier molecular flexibility index (Phi) is 9.29. The molecule has 0 unspecified atom stereocenters. The molecule has 2 amide bonds. The van der Waals surface area contributed by atoms with Gasteiger partial charge in [0, 0.05) is 0 Å². The van der Waals surface area contributed by atoms with Crippen LogP contribution in [0.3, 0.4) is 0 Å². The normalized spacial score (nSPS) is 19.5. The second-order valence-electron chi connectivity index (χ2n) is 10.2. The molecule has 7 heteroatoms. The first-order valence-electron chi connectivity index (χ1n) is 12.8. The van der Waals surface area contributed by atoms with E-state index >= 15 is 0 Å². The van der Waals surface area contributed by atoms with Gasteiger partial charge in [-0.05, 0) is 37.5 Å². The van der Waals surface area contributed by atoms with Crippen LogP contribution in [0.15, 0.2) is 91.0 Å². The Morgan fingerprint density at radius 2 is 1.21 bits per heavy atom. The molecular weight excluding hydrogens is 482 g/mol. The SMILES string of the molecule is CC(C)(C)OC(=O)N1C(=O)[C@@H](OCc2ccccc2)[C@H](OCc2ccccc2)[C@H]1COCc1ccccc1. The standard InChI is InChI=1S/C31H35NO6/c1-31(2,3)38-30(34)32-26(22-35-19-23-13-7-4-8-14-23)27(36-20-24-15-9-5-10-16-24)28(29(32)33)37-21-25-17-11-6-12-18-25/h4-18,26-28H,19-22H2,1-3H3/t26-,27-,28+/m1/s1. The van der Waals surface area contributed by atoms with Crippen molar-refractivity contribution in [3.05, 3.63) is 108 Å². The van der Waals surface area contributed by atoms with Crippen LogP contribution in [0.2, 0.25) is 0 Å². The summed E-state index contributed by atoms with van der Waals surface area (Å²) >= 11 is 0. The van der Waals surface area contributed by atoms with E-state index in [0.29, 0.717) is 6.61 Å². The molecule has 0 aromatic heterocycles.